The van der Waals surface area contributed by atoms with Crippen molar-refractivity contribution >= 4 is 49.9 Å². The molecule has 0 radical (unpaired) electrons. The number of anilines is 1. The predicted octanol–water partition coefficient (Wildman–Crippen LogP) is 6.17. The van der Waals surface area contributed by atoms with Crippen molar-refractivity contribution in [2.45, 2.75) is 6.54 Å². The van der Waals surface area contributed by atoms with Crippen molar-refractivity contribution in [1.29, 1.82) is 0 Å². The first-order chi connectivity index (χ1) is 13.8. The molecule has 0 aliphatic heterocycles. The van der Waals surface area contributed by atoms with E-state index in [0.29, 0.717) is 12.4 Å². The Labute approximate surface area is 170 Å². The molecular weight excluding hydrogens is 388 g/mol. The molecule has 0 saturated heterocycles. The van der Waals surface area contributed by atoms with E-state index >= 15 is 0 Å². The van der Waals surface area contributed by atoms with Gasteiger partial charge < -0.3 is 5.32 Å². The van der Waals surface area contributed by atoms with Gasteiger partial charge in [0.05, 0.1) is 27.7 Å². The summed E-state index contributed by atoms with van der Waals surface area (Å²) >= 11 is 7.87. The Morgan fingerprint density at radius 1 is 0.786 bits per heavy atom. The third-order valence-electron chi connectivity index (χ3n) is 4.53. The molecule has 4 nitrogen and oxygen atoms in total. The highest BCUT2D eigenvalue weighted by atomic mass is 35.5. The van der Waals surface area contributed by atoms with Crippen LogP contribution < -0.4 is 5.32 Å². The van der Waals surface area contributed by atoms with Crippen LogP contribution in [-0.2, 0) is 6.54 Å². The van der Waals surface area contributed by atoms with Crippen molar-refractivity contribution in [2.75, 3.05) is 5.32 Å². The smallest absolute Gasteiger partial charge is 0.224 e. The largest absolute Gasteiger partial charge is 0.363 e. The number of aromatic nitrogens is 3. The van der Waals surface area contributed by atoms with Gasteiger partial charge in [-0.3, -0.25) is 0 Å². The van der Waals surface area contributed by atoms with Crippen molar-refractivity contribution in [3.8, 4) is 11.1 Å². The second-order valence-electron chi connectivity index (χ2n) is 6.34. The van der Waals surface area contributed by atoms with Crippen molar-refractivity contribution < 1.29 is 0 Å². The van der Waals surface area contributed by atoms with Gasteiger partial charge >= 0.3 is 0 Å². The lowest BCUT2D eigenvalue weighted by atomic mass is 10.0. The van der Waals surface area contributed by atoms with Gasteiger partial charge in [-0.2, -0.15) is 0 Å². The molecule has 0 unspecified atom stereocenters. The Morgan fingerprint density at radius 3 is 2.43 bits per heavy atom. The van der Waals surface area contributed by atoms with Gasteiger partial charge in [-0.05, 0) is 40.9 Å². The molecule has 28 heavy (non-hydrogen) atoms. The summed E-state index contributed by atoms with van der Waals surface area (Å²) in [6.45, 7) is 0.574. The lowest BCUT2D eigenvalue weighted by Gasteiger charge is -2.12. The zero-order valence-electron chi connectivity index (χ0n) is 14.8. The minimum Gasteiger partial charge on any atom is -0.363 e. The first-order valence-electron chi connectivity index (χ1n) is 8.88. The van der Waals surface area contributed by atoms with Crippen LogP contribution in [0, 0.1) is 0 Å². The average molecular weight is 403 g/mol. The Morgan fingerprint density at radius 2 is 1.57 bits per heavy atom. The molecule has 0 aliphatic rings. The van der Waals surface area contributed by atoms with Gasteiger partial charge in [0.2, 0.25) is 5.28 Å². The fraction of sp³-hybridized carbons (Fsp3) is 0.0455. The van der Waals surface area contributed by atoms with Crippen molar-refractivity contribution in [3.05, 3.63) is 83.1 Å². The summed E-state index contributed by atoms with van der Waals surface area (Å²) in [6, 6.07) is 24.4. The lowest BCUT2D eigenvalue weighted by Crippen LogP contribution is -2.03. The number of benzene rings is 3. The van der Waals surface area contributed by atoms with Crippen LogP contribution in [0.5, 0.6) is 0 Å². The van der Waals surface area contributed by atoms with Crippen LogP contribution in [0.4, 0.5) is 5.82 Å². The number of para-hydroxylation sites is 1. The molecule has 0 bridgehead atoms. The second kappa shape index (κ2) is 7.19. The molecular formula is C22H15ClN4S. The highest BCUT2D eigenvalue weighted by molar-refractivity contribution is 7.18. The maximum absolute atomic E-state index is 6.19. The number of nitrogens with zero attached hydrogens (tertiary/aromatic N) is 3. The SMILES string of the molecule is Clc1nc(NCc2nc3ccccc3s2)c2c(-c3ccccc3)cccc2n1. The van der Waals surface area contributed by atoms with Gasteiger partial charge in [0.25, 0.3) is 0 Å². The monoisotopic (exact) mass is 402 g/mol. The van der Waals surface area contributed by atoms with Crippen LogP contribution in [0.25, 0.3) is 32.2 Å². The number of nitrogens with one attached hydrogen (secondary N) is 1. The number of rotatable bonds is 4. The van der Waals surface area contributed by atoms with E-state index in [1.165, 1.54) is 4.70 Å². The number of halogens is 1. The Kier molecular flexibility index (Phi) is 4.39. The summed E-state index contributed by atoms with van der Waals surface area (Å²) in [5.41, 5.74) is 4.01. The summed E-state index contributed by atoms with van der Waals surface area (Å²) in [4.78, 5) is 13.6. The molecule has 2 heterocycles. The zero-order valence-corrected chi connectivity index (χ0v) is 16.3. The van der Waals surface area contributed by atoms with Crippen LogP contribution in [-0.4, -0.2) is 15.0 Å². The van der Waals surface area contributed by atoms with Crippen LogP contribution >= 0.6 is 22.9 Å². The van der Waals surface area contributed by atoms with Crippen LogP contribution in [0.15, 0.2) is 72.8 Å². The highest BCUT2D eigenvalue weighted by Crippen LogP contribution is 2.33. The van der Waals surface area contributed by atoms with E-state index in [1.54, 1.807) is 11.3 Å². The lowest BCUT2D eigenvalue weighted by molar-refractivity contribution is 1.08. The normalized spacial score (nSPS) is 11.2. The molecule has 0 atom stereocenters. The molecule has 1 N–H and O–H groups in total. The van der Waals surface area contributed by atoms with Gasteiger partial charge in [-0.15, -0.1) is 11.3 Å². The topological polar surface area (TPSA) is 50.7 Å². The van der Waals surface area contributed by atoms with Gasteiger partial charge in [0, 0.05) is 0 Å². The molecule has 0 aliphatic carbocycles. The molecule has 0 fully saturated rings. The van der Waals surface area contributed by atoms with Gasteiger partial charge in [-0.25, -0.2) is 15.0 Å². The van der Waals surface area contributed by atoms with E-state index in [9.17, 15) is 0 Å². The zero-order chi connectivity index (χ0) is 18.9. The molecule has 0 saturated carbocycles. The maximum atomic E-state index is 6.19. The third kappa shape index (κ3) is 3.19. The van der Waals surface area contributed by atoms with E-state index in [4.69, 9.17) is 16.6 Å². The molecule has 0 spiro atoms. The standard InChI is InChI=1S/C22H15ClN4S/c23-22-26-17-11-6-9-15(14-7-2-1-3-8-14)20(17)21(27-22)24-13-19-25-16-10-4-5-12-18(16)28-19/h1-12H,13H2,(H,24,26,27). The predicted molar refractivity (Wildman–Crippen MR) is 117 cm³/mol. The maximum Gasteiger partial charge on any atom is 0.224 e. The molecule has 5 rings (SSSR count). The Balaban J connectivity index is 1.58. The number of hydrogen-bond donors (Lipinski definition) is 1. The number of hydrogen-bond acceptors (Lipinski definition) is 5. The number of thiazole rings is 1. The minimum absolute atomic E-state index is 0.226. The second-order valence-corrected chi connectivity index (χ2v) is 7.79. The summed E-state index contributed by atoms with van der Waals surface area (Å²) in [5.74, 6) is 0.716. The summed E-state index contributed by atoms with van der Waals surface area (Å²) in [6.07, 6.45) is 0. The van der Waals surface area contributed by atoms with E-state index < -0.39 is 0 Å². The first-order valence-corrected chi connectivity index (χ1v) is 10.1. The molecule has 5 aromatic rings. The highest BCUT2D eigenvalue weighted by Gasteiger charge is 2.13. The quantitative estimate of drug-likeness (QED) is 0.365. The number of fused-ring (bicyclic) bond motifs is 2. The summed E-state index contributed by atoms with van der Waals surface area (Å²) < 4.78 is 1.18. The van der Waals surface area contributed by atoms with Crippen molar-refractivity contribution in [3.63, 3.8) is 0 Å². The summed E-state index contributed by atoms with van der Waals surface area (Å²) in [5, 5.41) is 5.61. The first kappa shape index (κ1) is 17.1. The van der Waals surface area contributed by atoms with E-state index in [2.05, 4.69) is 39.6 Å². The van der Waals surface area contributed by atoms with Crippen molar-refractivity contribution in [2.24, 2.45) is 0 Å². The van der Waals surface area contributed by atoms with E-state index in [-0.39, 0.29) is 5.28 Å². The third-order valence-corrected chi connectivity index (χ3v) is 5.73. The molecule has 136 valence electrons. The Bertz CT molecular complexity index is 1250. The fourth-order valence-electron chi connectivity index (χ4n) is 3.30. The van der Waals surface area contributed by atoms with E-state index in [1.807, 2.05) is 48.5 Å². The minimum atomic E-state index is 0.226. The van der Waals surface area contributed by atoms with Gasteiger partial charge in [-0.1, -0.05) is 54.6 Å². The van der Waals surface area contributed by atoms with Crippen molar-refractivity contribution in [1.82, 2.24) is 15.0 Å². The fourth-order valence-corrected chi connectivity index (χ4v) is 4.38. The van der Waals surface area contributed by atoms with E-state index in [0.717, 1.165) is 32.6 Å². The van der Waals surface area contributed by atoms with Gasteiger partial charge in [0.15, 0.2) is 0 Å². The molecule has 2 aromatic heterocycles. The van der Waals surface area contributed by atoms with Gasteiger partial charge in [0.1, 0.15) is 10.8 Å². The Hall–Kier alpha value is -3.02. The molecule has 6 heteroatoms. The molecule has 3 aromatic carbocycles. The van der Waals surface area contributed by atoms with Crippen LogP contribution in [0.3, 0.4) is 0 Å². The summed E-state index contributed by atoms with van der Waals surface area (Å²) in [7, 11) is 0. The average Bonchev–Trinajstić information content (AvgIpc) is 3.15. The van der Waals surface area contributed by atoms with Crippen LogP contribution in [0.1, 0.15) is 5.01 Å². The van der Waals surface area contributed by atoms with Crippen LogP contribution in [0.2, 0.25) is 5.28 Å². The molecule has 0 amide bonds.